The second-order valence-electron chi connectivity index (χ2n) is 7.80. The van der Waals surface area contributed by atoms with Gasteiger partial charge in [-0.2, -0.15) is 0 Å². The molecule has 5 heterocycles. The fourth-order valence-electron chi connectivity index (χ4n) is 4.43. The zero-order valence-electron chi connectivity index (χ0n) is 16.1. The number of ether oxygens (including phenoxy) is 1. The number of nitrogens with one attached hydrogen (secondary N) is 1. The fraction of sp³-hybridized carbons (Fsp3) is 0.381. The molecule has 2 aliphatic heterocycles. The zero-order valence-corrected chi connectivity index (χ0v) is 16.1. The van der Waals surface area contributed by atoms with E-state index >= 15 is 0 Å². The van der Waals surface area contributed by atoms with Crippen molar-refractivity contribution in [3.63, 3.8) is 0 Å². The lowest BCUT2D eigenvalue weighted by Crippen LogP contribution is -2.59. The van der Waals surface area contributed by atoms with Gasteiger partial charge in [-0.15, -0.1) is 0 Å². The lowest BCUT2D eigenvalue weighted by molar-refractivity contribution is -0.0670. The van der Waals surface area contributed by atoms with Crippen LogP contribution in [-0.4, -0.2) is 63.7 Å². The molecule has 1 amide bonds. The molecule has 3 atom stereocenters. The first-order chi connectivity index (χ1) is 14.1. The van der Waals surface area contributed by atoms with E-state index < -0.39 is 5.82 Å². The number of hydrogen-bond acceptors (Lipinski definition) is 5. The van der Waals surface area contributed by atoms with E-state index in [4.69, 9.17) is 4.74 Å². The van der Waals surface area contributed by atoms with Gasteiger partial charge in [-0.25, -0.2) is 9.37 Å². The van der Waals surface area contributed by atoms with Gasteiger partial charge in [-0.3, -0.25) is 19.2 Å². The van der Waals surface area contributed by atoms with Crippen molar-refractivity contribution >= 4 is 16.9 Å². The Bertz CT molecular complexity index is 1040. The molecule has 2 saturated heterocycles. The van der Waals surface area contributed by atoms with Crippen molar-refractivity contribution in [3.8, 4) is 5.69 Å². The molecule has 0 spiro atoms. The van der Waals surface area contributed by atoms with E-state index in [9.17, 15) is 9.18 Å². The standard InChI is InChI=1S/C21H22FN5O2/c1-26-16-6-14(7-17(26)12-29-11-16)25-21(28)19-10-27(15-3-2-4-23-9-15)20-18(19)5-13(22)8-24-20/h2-5,8-10,14,16-17H,6-7,11-12H2,1H3,(H,25,28)/t14-,16-,17+. The number of piperidine rings is 1. The summed E-state index contributed by atoms with van der Waals surface area (Å²) in [5.74, 6) is -0.681. The number of aromatic nitrogens is 3. The van der Waals surface area contributed by atoms with E-state index in [1.807, 2.05) is 12.1 Å². The van der Waals surface area contributed by atoms with Gasteiger partial charge in [0.2, 0.25) is 0 Å². The van der Waals surface area contributed by atoms with E-state index in [1.54, 1.807) is 23.2 Å². The Kier molecular flexibility index (Phi) is 4.52. The molecule has 3 aromatic heterocycles. The zero-order chi connectivity index (χ0) is 20.0. The average Bonchev–Trinajstić information content (AvgIpc) is 3.08. The van der Waals surface area contributed by atoms with Crippen LogP contribution in [0.2, 0.25) is 0 Å². The molecule has 29 heavy (non-hydrogen) atoms. The minimum atomic E-state index is -0.471. The smallest absolute Gasteiger partial charge is 0.253 e. The lowest BCUT2D eigenvalue weighted by atomic mass is 9.90. The van der Waals surface area contributed by atoms with Crippen LogP contribution in [0.5, 0.6) is 0 Å². The van der Waals surface area contributed by atoms with Crippen LogP contribution in [0.4, 0.5) is 4.39 Å². The van der Waals surface area contributed by atoms with Crippen LogP contribution in [0.1, 0.15) is 23.2 Å². The molecule has 0 aromatic carbocycles. The van der Waals surface area contributed by atoms with Gasteiger partial charge in [-0.05, 0) is 38.1 Å². The number of amides is 1. The van der Waals surface area contributed by atoms with E-state index in [1.165, 1.54) is 6.07 Å². The minimum absolute atomic E-state index is 0.0657. The van der Waals surface area contributed by atoms with Gasteiger partial charge in [0, 0.05) is 35.9 Å². The second-order valence-corrected chi connectivity index (χ2v) is 7.80. The summed E-state index contributed by atoms with van der Waals surface area (Å²) < 4.78 is 21.3. The van der Waals surface area contributed by atoms with Crippen molar-refractivity contribution < 1.29 is 13.9 Å². The van der Waals surface area contributed by atoms with Gasteiger partial charge in [0.05, 0.1) is 36.9 Å². The number of halogens is 1. The SMILES string of the molecule is CN1[C@@H]2COC[C@H]1C[C@@H](NC(=O)c1cn(-c3cccnc3)c3ncc(F)cc13)C2. The summed E-state index contributed by atoms with van der Waals surface area (Å²) in [7, 11) is 2.12. The number of fused-ring (bicyclic) bond motifs is 3. The number of likely N-dealkylation sites (N-methyl/N-ethyl adjacent to an activating group) is 1. The summed E-state index contributed by atoms with van der Waals surface area (Å²) >= 11 is 0. The summed E-state index contributed by atoms with van der Waals surface area (Å²) in [6, 6.07) is 5.73. The van der Waals surface area contributed by atoms with Crippen LogP contribution in [0, 0.1) is 5.82 Å². The van der Waals surface area contributed by atoms with Crippen LogP contribution in [0.25, 0.3) is 16.7 Å². The monoisotopic (exact) mass is 395 g/mol. The maximum Gasteiger partial charge on any atom is 0.253 e. The molecule has 150 valence electrons. The van der Waals surface area contributed by atoms with Crippen molar-refractivity contribution in [2.24, 2.45) is 0 Å². The summed E-state index contributed by atoms with van der Waals surface area (Å²) in [4.78, 5) is 23.8. The van der Waals surface area contributed by atoms with Crippen LogP contribution < -0.4 is 5.32 Å². The van der Waals surface area contributed by atoms with Gasteiger partial charge in [-0.1, -0.05) is 0 Å². The fourth-order valence-corrected chi connectivity index (χ4v) is 4.43. The van der Waals surface area contributed by atoms with Crippen molar-refractivity contribution in [1.82, 2.24) is 24.8 Å². The van der Waals surface area contributed by atoms with Crippen molar-refractivity contribution in [2.75, 3.05) is 20.3 Å². The highest BCUT2D eigenvalue weighted by molar-refractivity contribution is 6.06. The van der Waals surface area contributed by atoms with Gasteiger partial charge in [0.1, 0.15) is 11.5 Å². The molecule has 2 fully saturated rings. The van der Waals surface area contributed by atoms with Crippen LogP contribution in [0.15, 0.2) is 43.0 Å². The molecule has 0 radical (unpaired) electrons. The molecule has 0 saturated carbocycles. The van der Waals surface area contributed by atoms with E-state index in [-0.39, 0.29) is 11.9 Å². The molecule has 0 aliphatic carbocycles. The summed E-state index contributed by atoms with van der Waals surface area (Å²) in [6.45, 7) is 1.38. The van der Waals surface area contributed by atoms with Gasteiger partial charge in [0.15, 0.2) is 0 Å². The predicted octanol–water partition coefficient (Wildman–Crippen LogP) is 2.15. The third kappa shape index (κ3) is 3.28. The highest BCUT2D eigenvalue weighted by Gasteiger charge is 2.37. The summed E-state index contributed by atoms with van der Waals surface area (Å²) in [5.41, 5.74) is 1.70. The van der Waals surface area contributed by atoms with E-state index in [0.717, 1.165) is 24.7 Å². The minimum Gasteiger partial charge on any atom is -0.378 e. The Hall–Kier alpha value is -2.84. The normalized spacial score (nSPS) is 24.6. The topological polar surface area (TPSA) is 72.3 Å². The van der Waals surface area contributed by atoms with Crippen LogP contribution >= 0.6 is 0 Å². The predicted molar refractivity (Wildman–Crippen MR) is 105 cm³/mol. The Balaban J connectivity index is 1.47. The maximum atomic E-state index is 13.9. The number of rotatable bonds is 3. The molecule has 7 nitrogen and oxygen atoms in total. The van der Waals surface area contributed by atoms with Gasteiger partial charge >= 0.3 is 0 Å². The van der Waals surface area contributed by atoms with Crippen molar-refractivity contribution in [1.29, 1.82) is 0 Å². The van der Waals surface area contributed by atoms with Crippen LogP contribution in [-0.2, 0) is 4.74 Å². The molecule has 8 heteroatoms. The van der Waals surface area contributed by atoms with Gasteiger partial charge < -0.3 is 10.1 Å². The first kappa shape index (κ1) is 18.2. The lowest BCUT2D eigenvalue weighted by Gasteiger charge is -2.46. The van der Waals surface area contributed by atoms with Gasteiger partial charge in [0.25, 0.3) is 5.91 Å². The number of carbonyl (C=O) groups is 1. The Labute approximate surface area is 167 Å². The van der Waals surface area contributed by atoms with Crippen LogP contribution in [0.3, 0.4) is 0 Å². The third-order valence-electron chi connectivity index (χ3n) is 6.00. The summed E-state index contributed by atoms with van der Waals surface area (Å²) in [6.07, 6.45) is 7.91. The molecule has 0 unspecified atom stereocenters. The molecule has 2 aliphatic rings. The first-order valence-corrected chi connectivity index (χ1v) is 9.77. The van der Waals surface area contributed by atoms with Crippen molar-refractivity contribution in [2.45, 2.75) is 31.0 Å². The number of morpholine rings is 1. The maximum absolute atomic E-state index is 13.9. The first-order valence-electron chi connectivity index (χ1n) is 9.77. The molecular formula is C21H22FN5O2. The highest BCUT2D eigenvalue weighted by Crippen LogP contribution is 2.28. The van der Waals surface area contributed by atoms with E-state index in [2.05, 4.69) is 27.2 Å². The molecule has 2 bridgehead atoms. The Morgan fingerprint density at radius 2 is 2.07 bits per heavy atom. The molecular weight excluding hydrogens is 373 g/mol. The average molecular weight is 395 g/mol. The molecule has 1 N–H and O–H groups in total. The number of pyridine rings is 2. The number of hydrogen-bond donors (Lipinski definition) is 1. The largest absolute Gasteiger partial charge is 0.378 e. The third-order valence-corrected chi connectivity index (χ3v) is 6.00. The molecule has 5 rings (SSSR count). The second kappa shape index (κ2) is 7.20. The van der Waals surface area contributed by atoms with Crippen molar-refractivity contribution in [3.05, 3.63) is 54.4 Å². The number of carbonyl (C=O) groups excluding carboxylic acids is 1. The number of nitrogens with zero attached hydrogens (tertiary/aromatic N) is 4. The Morgan fingerprint density at radius 3 is 2.79 bits per heavy atom. The Morgan fingerprint density at radius 1 is 1.28 bits per heavy atom. The summed E-state index contributed by atoms with van der Waals surface area (Å²) in [5, 5.41) is 3.65. The van der Waals surface area contributed by atoms with E-state index in [0.29, 0.717) is 41.9 Å². The highest BCUT2D eigenvalue weighted by atomic mass is 19.1. The molecule has 3 aromatic rings. The quantitative estimate of drug-likeness (QED) is 0.736.